The predicted molar refractivity (Wildman–Crippen MR) is 99.5 cm³/mol. The number of allylic oxidation sites excluding steroid dienone is 2. The third-order valence-electron chi connectivity index (χ3n) is 4.37. The van der Waals surface area contributed by atoms with Crippen molar-refractivity contribution in [2.24, 2.45) is 4.99 Å². The zero-order valence-electron chi connectivity index (χ0n) is 14.8. The van der Waals surface area contributed by atoms with Crippen LogP contribution < -0.4 is 10.6 Å². The Bertz CT molecular complexity index is 803. The second kappa shape index (κ2) is 8.30. The number of rotatable bonds is 5. The number of nitrogens with zero attached hydrogens (tertiary/aromatic N) is 4. The van der Waals surface area contributed by atoms with Gasteiger partial charge in [-0.1, -0.05) is 6.07 Å². The molecule has 26 heavy (non-hydrogen) atoms. The molecule has 0 radical (unpaired) electrons. The van der Waals surface area contributed by atoms with Crippen LogP contribution in [0, 0.1) is 11.3 Å². The van der Waals surface area contributed by atoms with Crippen molar-refractivity contribution in [2.75, 3.05) is 19.6 Å². The van der Waals surface area contributed by atoms with Crippen LogP contribution in [0.3, 0.4) is 0 Å². The van der Waals surface area contributed by atoms with Crippen LogP contribution in [0.15, 0.2) is 46.9 Å². The first-order valence-corrected chi connectivity index (χ1v) is 8.78. The Kier molecular flexibility index (Phi) is 5.64. The van der Waals surface area contributed by atoms with Crippen molar-refractivity contribution in [1.82, 2.24) is 20.5 Å². The molecule has 0 unspecified atom stereocenters. The molecule has 1 aromatic heterocycles. The summed E-state index contributed by atoms with van der Waals surface area (Å²) in [4.78, 5) is 22.3. The summed E-state index contributed by atoms with van der Waals surface area (Å²) in [5.74, 6) is 0.839. The second-order valence-corrected chi connectivity index (χ2v) is 6.24. The molecule has 0 atom stereocenters. The van der Waals surface area contributed by atoms with Crippen LogP contribution in [-0.2, 0) is 4.79 Å². The van der Waals surface area contributed by atoms with Gasteiger partial charge in [0.25, 0.3) is 0 Å². The van der Waals surface area contributed by atoms with Crippen LogP contribution in [0.2, 0.25) is 0 Å². The highest BCUT2D eigenvalue weighted by Crippen LogP contribution is 2.21. The maximum absolute atomic E-state index is 11.6. The number of hydrogen-bond donors (Lipinski definition) is 2. The highest BCUT2D eigenvalue weighted by Gasteiger charge is 2.19. The number of nitriles is 1. The van der Waals surface area contributed by atoms with Crippen molar-refractivity contribution in [3.63, 3.8) is 0 Å². The maximum atomic E-state index is 11.6. The number of nitrogens with one attached hydrogen (secondary N) is 2. The lowest BCUT2D eigenvalue weighted by Gasteiger charge is -2.21. The fourth-order valence-corrected chi connectivity index (χ4v) is 2.99. The summed E-state index contributed by atoms with van der Waals surface area (Å²) in [6.45, 7) is 4.12. The van der Waals surface area contributed by atoms with Gasteiger partial charge in [-0.05, 0) is 37.5 Å². The summed E-state index contributed by atoms with van der Waals surface area (Å²) >= 11 is 0. The molecule has 7 heteroatoms. The Hall–Kier alpha value is -3.14. The van der Waals surface area contributed by atoms with Crippen molar-refractivity contribution >= 4 is 17.4 Å². The molecule has 0 aliphatic carbocycles. The minimum Gasteiger partial charge on any atom is -0.343 e. The summed E-state index contributed by atoms with van der Waals surface area (Å²) in [6, 6.07) is 7.72. The summed E-state index contributed by atoms with van der Waals surface area (Å²) < 4.78 is 0. The van der Waals surface area contributed by atoms with Gasteiger partial charge < -0.3 is 15.5 Å². The topological polar surface area (TPSA) is 93.4 Å². The number of hydrogen-bond acceptors (Lipinski definition) is 4. The smallest absolute Gasteiger partial charge is 0.222 e. The van der Waals surface area contributed by atoms with Gasteiger partial charge in [-0.15, -0.1) is 0 Å². The van der Waals surface area contributed by atoms with Crippen LogP contribution >= 0.6 is 0 Å². The average Bonchev–Trinajstić information content (AvgIpc) is 3.07. The van der Waals surface area contributed by atoms with Crippen molar-refractivity contribution in [3.8, 4) is 6.07 Å². The Balaban J connectivity index is 1.67. The lowest BCUT2D eigenvalue weighted by Crippen LogP contribution is -2.39. The van der Waals surface area contributed by atoms with E-state index in [-0.39, 0.29) is 5.91 Å². The fraction of sp³-hybridized carbons (Fsp3) is 0.368. The first-order valence-electron chi connectivity index (χ1n) is 8.78. The van der Waals surface area contributed by atoms with Crippen molar-refractivity contribution in [3.05, 3.63) is 47.6 Å². The van der Waals surface area contributed by atoms with E-state index in [4.69, 9.17) is 0 Å². The number of carbonyl (C=O) groups is 1. The molecular formula is C19H22N6O. The summed E-state index contributed by atoms with van der Waals surface area (Å²) in [5, 5.41) is 15.9. The highest BCUT2D eigenvalue weighted by atomic mass is 16.2. The quantitative estimate of drug-likeness (QED) is 0.624. The lowest BCUT2D eigenvalue weighted by atomic mass is 10.1. The number of guanidine groups is 1. The molecular weight excluding hydrogens is 328 g/mol. The van der Waals surface area contributed by atoms with Gasteiger partial charge in [0.1, 0.15) is 11.6 Å². The Morgan fingerprint density at radius 2 is 2.35 bits per heavy atom. The van der Waals surface area contributed by atoms with Gasteiger partial charge in [0, 0.05) is 38.5 Å². The molecule has 1 fully saturated rings. The predicted octanol–water partition coefficient (Wildman–Crippen LogP) is 1.78. The third-order valence-corrected chi connectivity index (χ3v) is 4.37. The summed E-state index contributed by atoms with van der Waals surface area (Å²) in [7, 11) is 0. The Labute approximate surface area is 153 Å². The van der Waals surface area contributed by atoms with Crippen molar-refractivity contribution in [2.45, 2.75) is 26.2 Å². The second-order valence-electron chi connectivity index (χ2n) is 6.24. The number of aromatic nitrogens is 1. The molecule has 0 aromatic carbocycles. The first-order chi connectivity index (χ1) is 12.7. The monoisotopic (exact) mass is 350 g/mol. The van der Waals surface area contributed by atoms with Gasteiger partial charge in [-0.3, -0.25) is 14.8 Å². The van der Waals surface area contributed by atoms with Crippen molar-refractivity contribution < 1.29 is 4.79 Å². The Morgan fingerprint density at radius 3 is 3.04 bits per heavy atom. The largest absolute Gasteiger partial charge is 0.343 e. The van der Waals surface area contributed by atoms with E-state index in [1.807, 2.05) is 36.2 Å². The Morgan fingerprint density at radius 1 is 1.46 bits per heavy atom. The van der Waals surface area contributed by atoms with E-state index in [1.54, 1.807) is 6.20 Å². The van der Waals surface area contributed by atoms with Crippen LogP contribution in [0.5, 0.6) is 0 Å². The standard InChI is InChI=1S/C19H22N6O/c1-14-13-23-19(22-9-5-11-25-10-4-7-17(25)26)24-18(14)15(12-20)16-6-2-3-8-21-16/h2-3,6,8,13H,4-5,7,9-11H2,1H3,(H2,22,23,24). The normalized spacial score (nSPS) is 20.3. The van der Waals surface area contributed by atoms with Gasteiger partial charge in [-0.25, -0.2) is 0 Å². The number of carbonyl (C=O) groups excluding carboxylic acids is 1. The molecule has 3 heterocycles. The zero-order valence-corrected chi connectivity index (χ0v) is 14.8. The number of amides is 1. The van der Waals surface area contributed by atoms with Gasteiger partial charge in [0.15, 0.2) is 5.96 Å². The van der Waals surface area contributed by atoms with Crippen LogP contribution in [0.25, 0.3) is 5.57 Å². The van der Waals surface area contributed by atoms with Crippen molar-refractivity contribution in [1.29, 1.82) is 5.26 Å². The molecule has 3 rings (SSSR count). The van der Waals surface area contributed by atoms with Gasteiger partial charge in [0.05, 0.1) is 11.4 Å². The molecule has 7 nitrogen and oxygen atoms in total. The van der Waals surface area contributed by atoms with E-state index in [1.165, 1.54) is 0 Å². The van der Waals surface area contributed by atoms with Gasteiger partial charge in [-0.2, -0.15) is 5.26 Å². The van der Waals surface area contributed by atoms with E-state index in [2.05, 4.69) is 26.7 Å². The van der Waals surface area contributed by atoms with Crippen LogP contribution in [0.1, 0.15) is 31.9 Å². The van der Waals surface area contributed by atoms with E-state index in [0.29, 0.717) is 35.9 Å². The minimum absolute atomic E-state index is 0.240. The molecule has 2 N–H and O–H groups in total. The van der Waals surface area contributed by atoms with Crippen LogP contribution in [-0.4, -0.2) is 41.4 Å². The molecule has 2 aliphatic heterocycles. The van der Waals surface area contributed by atoms with E-state index < -0.39 is 0 Å². The number of likely N-dealkylation sites (tertiary alicyclic amines) is 1. The molecule has 0 bridgehead atoms. The number of pyridine rings is 1. The van der Waals surface area contributed by atoms with Crippen LogP contribution in [0.4, 0.5) is 0 Å². The lowest BCUT2D eigenvalue weighted by molar-refractivity contribution is -0.127. The molecule has 1 saturated heterocycles. The highest BCUT2D eigenvalue weighted by molar-refractivity contribution is 5.90. The fourth-order valence-electron chi connectivity index (χ4n) is 2.99. The molecule has 2 aliphatic rings. The molecule has 1 aromatic rings. The SMILES string of the molecule is CC1=CNC(=NCCCN2CCCC2=O)NC1=C(C#N)c1ccccn1. The molecule has 1 amide bonds. The van der Waals surface area contributed by atoms with E-state index in [0.717, 1.165) is 31.5 Å². The maximum Gasteiger partial charge on any atom is 0.222 e. The van der Waals surface area contributed by atoms with Gasteiger partial charge in [0.2, 0.25) is 5.91 Å². The third kappa shape index (κ3) is 4.09. The van der Waals surface area contributed by atoms with Gasteiger partial charge >= 0.3 is 0 Å². The number of aliphatic imine (C=N–C) groups is 1. The minimum atomic E-state index is 0.240. The molecule has 134 valence electrons. The van der Waals surface area contributed by atoms with E-state index in [9.17, 15) is 10.1 Å². The zero-order chi connectivity index (χ0) is 18.4. The average molecular weight is 350 g/mol. The summed E-state index contributed by atoms with van der Waals surface area (Å²) in [6.07, 6.45) is 5.93. The molecule has 0 saturated carbocycles. The van der Waals surface area contributed by atoms with E-state index >= 15 is 0 Å². The molecule has 0 spiro atoms. The first kappa shape index (κ1) is 17.7. The summed E-state index contributed by atoms with van der Waals surface area (Å²) in [5.41, 5.74) is 2.72.